The third kappa shape index (κ3) is 5.05. The van der Waals surface area contributed by atoms with E-state index in [1.165, 1.54) is 22.3 Å². The number of hydrogen-bond acceptors (Lipinski definition) is 0. The second-order valence-electron chi connectivity index (χ2n) is 7.35. The van der Waals surface area contributed by atoms with Gasteiger partial charge in [-0.3, -0.25) is 0 Å². The minimum atomic E-state index is -0.164. The maximum Gasteiger partial charge on any atom is 4.00 e. The largest absolute Gasteiger partial charge is 4.00 e. The van der Waals surface area contributed by atoms with Crippen molar-refractivity contribution in [1.29, 1.82) is 0 Å². The molecular weight excluding hydrogens is 430 g/mol. The summed E-state index contributed by atoms with van der Waals surface area (Å²) in [5, 5.41) is 0. The molecule has 3 rings (SSSR count). The van der Waals surface area contributed by atoms with Crippen LogP contribution in [-0.4, -0.2) is 0 Å². The smallest absolute Gasteiger partial charge is 1.00 e. The van der Waals surface area contributed by atoms with Gasteiger partial charge in [-0.1, -0.05) is 88.4 Å². The van der Waals surface area contributed by atoms with Gasteiger partial charge in [0.15, 0.2) is 0 Å². The Bertz CT molecular complexity index is 735. The molecule has 4 heteroatoms. The molecule has 0 radical (unpaired) electrons. The first kappa shape index (κ1) is 28.6. The van der Waals surface area contributed by atoms with Gasteiger partial charge in [-0.25, -0.2) is 12.1 Å². The van der Waals surface area contributed by atoms with E-state index in [9.17, 15) is 0 Å². The average Bonchev–Trinajstić information content (AvgIpc) is 2.95. The van der Waals surface area contributed by atoms with Gasteiger partial charge in [0.25, 0.3) is 0 Å². The molecule has 0 spiro atoms. The molecule has 0 aliphatic carbocycles. The molecule has 0 heterocycles. The summed E-state index contributed by atoms with van der Waals surface area (Å²) in [7, 11) is 0. The molecule has 0 atom stereocenters. The maximum atomic E-state index is 2.35. The molecule has 0 saturated carbocycles. The first-order valence-corrected chi connectivity index (χ1v) is 8.32. The second-order valence-corrected chi connectivity index (χ2v) is 7.35. The fourth-order valence-electron chi connectivity index (χ4n) is 4.05. The van der Waals surface area contributed by atoms with Crippen LogP contribution in [-0.2, 0) is 27.1 Å². The van der Waals surface area contributed by atoms with Gasteiger partial charge in [0.05, 0.1) is 0 Å². The topological polar surface area (TPSA) is 0 Å². The van der Waals surface area contributed by atoms with Crippen LogP contribution in [0.3, 0.4) is 0 Å². The fraction of sp³-hybridized carbons (Fsp3) is 0.261. The molecule has 0 aliphatic heterocycles. The molecule has 27 heavy (non-hydrogen) atoms. The van der Waals surface area contributed by atoms with Gasteiger partial charge in [0.1, 0.15) is 0 Å². The van der Waals surface area contributed by atoms with Crippen molar-refractivity contribution in [3.63, 3.8) is 0 Å². The van der Waals surface area contributed by atoms with E-state index in [1.807, 2.05) is 0 Å². The molecule has 142 valence electrons. The maximum absolute atomic E-state index is 2.35. The van der Waals surface area contributed by atoms with Crippen LogP contribution in [0.25, 0.3) is 0 Å². The Morgan fingerprint density at radius 2 is 1.04 bits per heavy atom. The van der Waals surface area contributed by atoms with Crippen LogP contribution in [0.2, 0.25) is 0 Å². The SMILES string of the molecule is Cc1ccc[c-]1C(c1ccccc1)(c1ccccc1)C(C)(C)C.[Cl-].[Cl-].[Cl-].[Ti+4]. The van der Waals surface area contributed by atoms with E-state index >= 15 is 0 Å². The summed E-state index contributed by atoms with van der Waals surface area (Å²) in [6, 6.07) is 28.6. The summed E-state index contributed by atoms with van der Waals surface area (Å²) in [4.78, 5) is 0. The summed E-state index contributed by atoms with van der Waals surface area (Å²) in [6.07, 6.45) is 0. The summed E-state index contributed by atoms with van der Waals surface area (Å²) >= 11 is 0. The Morgan fingerprint density at radius 3 is 1.33 bits per heavy atom. The van der Waals surface area contributed by atoms with Gasteiger partial charge in [-0.15, -0.1) is 5.56 Å². The van der Waals surface area contributed by atoms with Crippen LogP contribution in [0, 0.1) is 12.3 Å². The Labute approximate surface area is 197 Å². The molecule has 0 amide bonds. The number of benzene rings is 2. The van der Waals surface area contributed by atoms with Crippen molar-refractivity contribution in [1.82, 2.24) is 0 Å². The van der Waals surface area contributed by atoms with Crippen LogP contribution in [0.1, 0.15) is 43.0 Å². The van der Waals surface area contributed by atoms with Crippen molar-refractivity contribution in [2.45, 2.75) is 33.1 Å². The zero-order valence-electron chi connectivity index (χ0n) is 16.1. The van der Waals surface area contributed by atoms with Crippen molar-refractivity contribution in [3.05, 3.63) is 101 Å². The van der Waals surface area contributed by atoms with Crippen LogP contribution in [0.15, 0.2) is 78.9 Å². The third-order valence-corrected chi connectivity index (χ3v) is 4.98. The molecule has 3 aromatic carbocycles. The predicted molar refractivity (Wildman–Crippen MR) is 99.0 cm³/mol. The van der Waals surface area contributed by atoms with E-state index in [2.05, 4.69) is 107 Å². The summed E-state index contributed by atoms with van der Waals surface area (Å²) in [5.41, 5.74) is 5.34. The van der Waals surface area contributed by atoms with E-state index in [0.717, 1.165) is 0 Å². The average molecular weight is 456 g/mol. The number of rotatable bonds is 3. The molecule has 3 aromatic rings. The molecule has 0 saturated heterocycles. The monoisotopic (exact) mass is 454 g/mol. The number of hydrogen-bond donors (Lipinski definition) is 0. The van der Waals surface area contributed by atoms with Crippen molar-refractivity contribution < 1.29 is 58.9 Å². The number of halogens is 3. The van der Waals surface area contributed by atoms with Gasteiger partial charge in [0, 0.05) is 5.41 Å². The van der Waals surface area contributed by atoms with Gasteiger partial charge in [-0.05, 0) is 16.5 Å². The molecular formula is C23H25Cl3Ti. The summed E-state index contributed by atoms with van der Waals surface area (Å²) in [6.45, 7) is 9.26. The molecule has 0 fully saturated rings. The van der Waals surface area contributed by atoms with Crippen LogP contribution < -0.4 is 37.2 Å². The number of aryl methyl sites for hydroxylation is 1. The van der Waals surface area contributed by atoms with Crippen LogP contribution in [0.5, 0.6) is 0 Å². The predicted octanol–water partition coefficient (Wildman–Crippen LogP) is -2.90. The Balaban J connectivity index is 0. The van der Waals surface area contributed by atoms with E-state index in [4.69, 9.17) is 0 Å². The van der Waals surface area contributed by atoms with Gasteiger partial charge in [-0.2, -0.15) is 11.6 Å². The third-order valence-electron chi connectivity index (χ3n) is 4.98. The van der Waals surface area contributed by atoms with Crippen LogP contribution >= 0.6 is 0 Å². The molecule has 0 nitrogen and oxygen atoms in total. The molecule has 0 unspecified atom stereocenters. The Hall–Kier alpha value is -0.626. The van der Waals surface area contributed by atoms with Crippen molar-refractivity contribution >= 4 is 0 Å². The summed E-state index contributed by atoms with van der Waals surface area (Å²) < 4.78 is 0. The Morgan fingerprint density at radius 1 is 0.630 bits per heavy atom. The van der Waals surface area contributed by atoms with Crippen molar-refractivity contribution in [2.24, 2.45) is 5.41 Å². The van der Waals surface area contributed by atoms with E-state index in [1.54, 1.807) is 0 Å². The minimum absolute atomic E-state index is 0. The first-order chi connectivity index (χ1) is 11.0. The van der Waals surface area contributed by atoms with Gasteiger partial charge < -0.3 is 37.2 Å². The van der Waals surface area contributed by atoms with Crippen LogP contribution in [0.4, 0.5) is 0 Å². The van der Waals surface area contributed by atoms with Gasteiger partial charge >= 0.3 is 21.7 Å². The summed E-state index contributed by atoms with van der Waals surface area (Å²) in [5.74, 6) is 0. The van der Waals surface area contributed by atoms with E-state index < -0.39 is 0 Å². The Kier molecular flexibility index (Phi) is 12.1. The standard InChI is InChI=1S/C23H25.3ClH.Ti/c1-18-12-11-17-21(18)23(22(2,3)4,19-13-7-5-8-14-19)20-15-9-6-10-16-20;;;;/h5-17H,1-4H3;3*1H;/q-1;;;;+4/p-3. The van der Waals surface area contributed by atoms with Crippen molar-refractivity contribution in [3.8, 4) is 0 Å². The first-order valence-electron chi connectivity index (χ1n) is 8.32. The molecule has 0 N–H and O–H groups in total. The zero-order chi connectivity index (χ0) is 16.5. The molecule has 0 aromatic heterocycles. The van der Waals surface area contributed by atoms with E-state index in [-0.39, 0.29) is 69.8 Å². The molecule has 0 bridgehead atoms. The zero-order valence-corrected chi connectivity index (χ0v) is 20.0. The quantitative estimate of drug-likeness (QED) is 0.294. The van der Waals surface area contributed by atoms with Gasteiger partial charge in [0.2, 0.25) is 0 Å². The van der Waals surface area contributed by atoms with Crippen molar-refractivity contribution in [2.75, 3.05) is 0 Å². The van der Waals surface area contributed by atoms with E-state index in [0.29, 0.717) is 0 Å². The minimum Gasteiger partial charge on any atom is -1.00 e. The normalized spacial score (nSPS) is 10.5. The second kappa shape index (κ2) is 11.4. The fourth-order valence-corrected chi connectivity index (χ4v) is 4.05. The molecule has 0 aliphatic rings.